The molecule has 0 unspecified atom stereocenters. The van der Waals surface area contributed by atoms with Gasteiger partial charge in [-0.1, -0.05) is 43.9 Å². The summed E-state index contributed by atoms with van der Waals surface area (Å²) in [7, 11) is -3.75. The van der Waals surface area contributed by atoms with Gasteiger partial charge in [0.1, 0.15) is 5.82 Å². The number of aromatic nitrogens is 1. The minimum absolute atomic E-state index is 0.0335. The van der Waals surface area contributed by atoms with Crippen LogP contribution in [0.25, 0.3) is 10.9 Å². The zero-order valence-electron chi connectivity index (χ0n) is 21.8. The second-order valence-corrected chi connectivity index (χ2v) is 12.0. The van der Waals surface area contributed by atoms with E-state index >= 15 is 0 Å². The van der Waals surface area contributed by atoms with E-state index in [0.717, 1.165) is 46.6 Å². The molecule has 2 aliphatic rings. The van der Waals surface area contributed by atoms with E-state index in [0.29, 0.717) is 32.2 Å². The first-order valence-electron chi connectivity index (χ1n) is 13.4. The monoisotopic (exact) mass is 558 g/mol. The Morgan fingerprint density at radius 3 is 2.28 bits per heavy atom. The van der Waals surface area contributed by atoms with E-state index in [9.17, 15) is 22.4 Å². The average Bonchev–Trinajstić information content (AvgIpc) is 3.53. The van der Waals surface area contributed by atoms with Gasteiger partial charge < -0.3 is 14.8 Å². The summed E-state index contributed by atoms with van der Waals surface area (Å²) in [5, 5.41) is 18.5. The molecule has 2 aromatic carbocycles. The highest BCUT2D eigenvalue weighted by Crippen LogP contribution is 2.33. The van der Waals surface area contributed by atoms with Crippen molar-refractivity contribution in [1.29, 1.82) is 0 Å². The zero-order chi connectivity index (χ0) is 28.0. The van der Waals surface area contributed by atoms with Gasteiger partial charge in [0.15, 0.2) is 0 Å². The number of para-hydroxylation sites is 1. The predicted octanol–water partition coefficient (Wildman–Crippen LogP) is 5.13. The number of benzene rings is 2. The van der Waals surface area contributed by atoms with Crippen LogP contribution in [0.1, 0.15) is 62.6 Å². The van der Waals surface area contributed by atoms with Crippen molar-refractivity contribution in [2.24, 2.45) is 5.92 Å². The van der Waals surface area contributed by atoms with Gasteiger partial charge >= 0.3 is 11.9 Å². The van der Waals surface area contributed by atoms with Gasteiger partial charge in [-0.2, -0.15) is 0 Å². The molecular weight excluding hydrogens is 523 g/mol. The van der Waals surface area contributed by atoms with Crippen LogP contribution in [-0.2, 0) is 39.0 Å². The molecule has 8 nitrogen and oxygen atoms in total. The smallest absolute Gasteiger partial charge is 0.305 e. The Morgan fingerprint density at radius 1 is 0.949 bits per heavy atom. The maximum absolute atomic E-state index is 13.1. The first kappa shape index (κ1) is 28.8. The lowest BCUT2D eigenvalue weighted by Gasteiger charge is -2.25. The number of sulfonamides is 1. The molecule has 210 valence electrons. The van der Waals surface area contributed by atoms with Gasteiger partial charge in [0.25, 0.3) is 0 Å². The standard InChI is InChI=1S/C21H21FN2O4S.C8H14O2/c22-14-5-8-16(9-6-14)29(27,28)23-15-7-10-20-18(13-15)17-3-1-2-4-19(17)24(20)12-11-21(25)26;9-8(10)6-5-7-3-1-2-4-7/h1-6,8-9,15,23H,7,10-13H2,(H,25,26);7H,1-6H2,(H,9,10)/t15-;/m1./s1. The number of nitrogens with one attached hydrogen (secondary N) is 1. The first-order chi connectivity index (χ1) is 18.6. The number of hydrogen-bond donors (Lipinski definition) is 3. The van der Waals surface area contributed by atoms with Crippen LogP contribution in [0.2, 0.25) is 0 Å². The van der Waals surface area contributed by atoms with Gasteiger partial charge in [0, 0.05) is 35.6 Å². The van der Waals surface area contributed by atoms with Crippen molar-refractivity contribution in [3.05, 3.63) is 65.6 Å². The van der Waals surface area contributed by atoms with Crippen molar-refractivity contribution in [2.75, 3.05) is 0 Å². The topological polar surface area (TPSA) is 126 Å². The summed E-state index contributed by atoms with van der Waals surface area (Å²) in [5.41, 5.74) is 3.11. The number of rotatable bonds is 9. The number of hydrogen-bond acceptors (Lipinski definition) is 4. The molecule has 3 aromatic rings. The molecule has 39 heavy (non-hydrogen) atoms. The van der Waals surface area contributed by atoms with E-state index in [2.05, 4.69) is 4.72 Å². The fourth-order valence-electron chi connectivity index (χ4n) is 5.69. The van der Waals surface area contributed by atoms with Crippen molar-refractivity contribution in [3.63, 3.8) is 0 Å². The number of nitrogens with zero attached hydrogens (tertiary/aromatic N) is 1. The molecule has 1 saturated carbocycles. The second kappa shape index (κ2) is 12.7. The molecule has 3 N–H and O–H groups in total. The summed E-state index contributed by atoms with van der Waals surface area (Å²) in [6, 6.07) is 12.3. The predicted molar refractivity (Wildman–Crippen MR) is 146 cm³/mol. The Balaban J connectivity index is 0.000000298. The summed E-state index contributed by atoms with van der Waals surface area (Å²) in [5.74, 6) is -1.26. The molecule has 10 heteroatoms. The fourth-order valence-corrected chi connectivity index (χ4v) is 6.96. The summed E-state index contributed by atoms with van der Waals surface area (Å²) in [4.78, 5) is 21.2. The number of aliphatic carboxylic acids is 2. The van der Waals surface area contributed by atoms with Gasteiger partial charge in [0.2, 0.25) is 10.0 Å². The van der Waals surface area contributed by atoms with Crippen molar-refractivity contribution in [3.8, 4) is 0 Å². The highest BCUT2D eigenvalue weighted by atomic mass is 32.2. The van der Waals surface area contributed by atoms with E-state index in [1.54, 1.807) is 0 Å². The quantitative estimate of drug-likeness (QED) is 0.334. The third-order valence-electron chi connectivity index (χ3n) is 7.61. The third-order valence-corrected chi connectivity index (χ3v) is 9.15. The average molecular weight is 559 g/mol. The summed E-state index contributed by atoms with van der Waals surface area (Å²) in [6.45, 7) is 0.386. The Hall–Kier alpha value is -3.24. The van der Waals surface area contributed by atoms with E-state index in [1.165, 1.54) is 37.8 Å². The Morgan fingerprint density at radius 2 is 1.62 bits per heavy atom. The van der Waals surface area contributed by atoms with Crippen LogP contribution >= 0.6 is 0 Å². The van der Waals surface area contributed by atoms with Crippen LogP contribution in [0.15, 0.2) is 53.4 Å². The van der Waals surface area contributed by atoms with Crippen molar-refractivity contribution in [2.45, 2.75) is 81.7 Å². The molecule has 1 aromatic heterocycles. The molecule has 1 heterocycles. The van der Waals surface area contributed by atoms with Gasteiger partial charge in [0.05, 0.1) is 11.3 Å². The number of carboxylic acid groups (broad SMARTS) is 2. The summed E-state index contributed by atoms with van der Waals surface area (Å²) < 4.78 is 43.2. The molecule has 0 radical (unpaired) electrons. The minimum Gasteiger partial charge on any atom is -0.481 e. The molecule has 0 saturated heterocycles. The van der Waals surface area contributed by atoms with E-state index in [4.69, 9.17) is 10.2 Å². The van der Waals surface area contributed by atoms with Crippen molar-refractivity contribution in [1.82, 2.24) is 9.29 Å². The van der Waals surface area contributed by atoms with Crippen LogP contribution in [0.3, 0.4) is 0 Å². The van der Waals surface area contributed by atoms with Gasteiger partial charge in [-0.25, -0.2) is 17.5 Å². The molecule has 0 amide bonds. The second-order valence-electron chi connectivity index (χ2n) is 10.3. The van der Waals surface area contributed by atoms with Crippen LogP contribution in [0.5, 0.6) is 0 Å². The fraction of sp³-hybridized carbons (Fsp3) is 0.448. The Bertz CT molecular complexity index is 1410. The van der Waals surface area contributed by atoms with E-state index in [-0.39, 0.29) is 17.4 Å². The van der Waals surface area contributed by atoms with Crippen LogP contribution in [-0.4, -0.2) is 41.2 Å². The molecule has 5 rings (SSSR count). The lowest BCUT2D eigenvalue weighted by Crippen LogP contribution is -2.39. The van der Waals surface area contributed by atoms with Gasteiger partial charge in [-0.05, 0) is 67.5 Å². The molecule has 0 bridgehead atoms. The molecule has 2 aliphatic carbocycles. The number of carboxylic acids is 2. The van der Waals surface area contributed by atoms with Gasteiger partial charge in [-0.3, -0.25) is 9.59 Å². The van der Waals surface area contributed by atoms with Crippen LogP contribution in [0.4, 0.5) is 4.39 Å². The lowest BCUT2D eigenvalue weighted by atomic mass is 9.92. The Kier molecular flexibility index (Phi) is 9.40. The molecule has 1 fully saturated rings. The third kappa shape index (κ3) is 7.45. The Labute approximate surface area is 227 Å². The van der Waals surface area contributed by atoms with Crippen LogP contribution < -0.4 is 4.72 Å². The number of aryl methyl sites for hydroxylation is 1. The molecule has 0 spiro atoms. The van der Waals surface area contributed by atoms with Crippen LogP contribution in [0, 0.1) is 11.7 Å². The number of halogens is 1. The maximum atomic E-state index is 13.1. The maximum Gasteiger partial charge on any atom is 0.305 e. The SMILES string of the molecule is O=C(O)CCC1CCCC1.O=C(O)CCn1c2c(c3ccccc31)C[C@H](NS(=O)(=O)c1ccc(F)cc1)CC2. The minimum atomic E-state index is -3.75. The van der Waals surface area contributed by atoms with E-state index in [1.807, 2.05) is 28.8 Å². The highest BCUT2D eigenvalue weighted by molar-refractivity contribution is 7.89. The molecule has 1 atom stereocenters. The molecule has 0 aliphatic heterocycles. The summed E-state index contributed by atoms with van der Waals surface area (Å²) >= 11 is 0. The first-order valence-corrected chi connectivity index (χ1v) is 14.9. The van der Waals surface area contributed by atoms with E-state index < -0.39 is 27.8 Å². The van der Waals surface area contributed by atoms with Crippen molar-refractivity contribution >= 4 is 32.9 Å². The van der Waals surface area contributed by atoms with Crippen molar-refractivity contribution < 1.29 is 32.6 Å². The highest BCUT2D eigenvalue weighted by Gasteiger charge is 2.28. The molecular formula is C29H35FN2O6S. The lowest BCUT2D eigenvalue weighted by molar-refractivity contribution is -0.138. The van der Waals surface area contributed by atoms with Gasteiger partial charge in [-0.15, -0.1) is 0 Å². The largest absolute Gasteiger partial charge is 0.481 e. The normalized spacial score (nSPS) is 17.4. The number of fused-ring (bicyclic) bond motifs is 3. The summed E-state index contributed by atoms with van der Waals surface area (Å²) in [6.07, 6.45) is 8.22. The zero-order valence-corrected chi connectivity index (χ0v) is 22.6. The number of carbonyl (C=O) groups is 2.